The molecule has 1 saturated carbocycles. The van der Waals surface area contributed by atoms with Crippen LogP contribution in [0, 0.1) is 5.92 Å². The van der Waals surface area contributed by atoms with E-state index in [-0.39, 0.29) is 18.4 Å². The summed E-state index contributed by atoms with van der Waals surface area (Å²) in [6.07, 6.45) is 2.00. The highest BCUT2D eigenvalue weighted by molar-refractivity contribution is 7.10. The predicted octanol–water partition coefficient (Wildman–Crippen LogP) is 3.43. The number of thiophene rings is 1. The molecular formula is C16H16ClNO2S. The topological polar surface area (TPSA) is 49.3 Å². The number of nitrogens with one attached hydrogen (secondary N) is 1. The highest BCUT2D eigenvalue weighted by Gasteiger charge is 2.45. The summed E-state index contributed by atoms with van der Waals surface area (Å²) in [5, 5.41) is 16.2. The van der Waals surface area contributed by atoms with Crippen LogP contribution in [0.4, 0.5) is 0 Å². The minimum Gasteiger partial charge on any atom is -0.382 e. The van der Waals surface area contributed by atoms with E-state index >= 15 is 0 Å². The molecule has 0 saturated heterocycles. The highest BCUT2D eigenvalue weighted by atomic mass is 35.5. The van der Waals surface area contributed by atoms with Crippen molar-refractivity contribution in [1.82, 2.24) is 5.32 Å². The van der Waals surface area contributed by atoms with Gasteiger partial charge in [0, 0.05) is 15.5 Å². The Labute approximate surface area is 132 Å². The molecule has 1 aromatic heterocycles. The summed E-state index contributed by atoms with van der Waals surface area (Å²) >= 11 is 7.42. The number of halogens is 1. The third kappa shape index (κ3) is 3.12. The highest BCUT2D eigenvalue weighted by Crippen LogP contribution is 2.46. The van der Waals surface area contributed by atoms with E-state index in [1.165, 1.54) is 11.3 Å². The maximum atomic E-state index is 12.2. The van der Waals surface area contributed by atoms with Gasteiger partial charge in [-0.2, -0.15) is 0 Å². The number of carbonyl (C=O) groups is 1. The molecule has 1 heterocycles. The quantitative estimate of drug-likeness (QED) is 0.886. The Kier molecular flexibility index (Phi) is 4.02. The number of rotatable bonds is 5. The minimum atomic E-state index is -0.956. The fourth-order valence-electron chi connectivity index (χ4n) is 2.47. The van der Waals surface area contributed by atoms with Crippen LogP contribution in [-0.2, 0) is 5.60 Å². The Hall–Kier alpha value is -1.36. The molecule has 1 atom stereocenters. The van der Waals surface area contributed by atoms with E-state index in [1.807, 2.05) is 17.5 Å². The average Bonchev–Trinajstić information content (AvgIpc) is 3.19. The van der Waals surface area contributed by atoms with Crippen LogP contribution in [0.5, 0.6) is 0 Å². The second-order valence-electron chi connectivity index (χ2n) is 5.37. The first kappa shape index (κ1) is 14.6. The van der Waals surface area contributed by atoms with E-state index in [4.69, 9.17) is 11.6 Å². The van der Waals surface area contributed by atoms with Crippen molar-refractivity contribution in [2.24, 2.45) is 5.92 Å². The molecule has 0 bridgehead atoms. The summed E-state index contributed by atoms with van der Waals surface area (Å²) in [6, 6.07) is 10.6. The third-order valence-corrected chi connectivity index (χ3v) is 5.08. The van der Waals surface area contributed by atoms with Gasteiger partial charge in [0.15, 0.2) is 0 Å². The first-order valence-corrected chi connectivity index (χ1v) is 8.15. The second-order valence-corrected chi connectivity index (χ2v) is 6.75. The first-order chi connectivity index (χ1) is 10.1. The third-order valence-electron chi connectivity index (χ3n) is 3.81. The van der Waals surface area contributed by atoms with Gasteiger partial charge in [-0.25, -0.2) is 0 Å². The van der Waals surface area contributed by atoms with Crippen molar-refractivity contribution in [2.45, 2.75) is 18.4 Å². The molecule has 21 heavy (non-hydrogen) atoms. The number of benzene rings is 1. The first-order valence-electron chi connectivity index (χ1n) is 6.90. The average molecular weight is 322 g/mol. The van der Waals surface area contributed by atoms with Crippen LogP contribution in [0.15, 0.2) is 41.8 Å². The Morgan fingerprint density at radius 2 is 2.19 bits per heavy atom. The Bertz CT molecular complexity index is 639. The summed E-state index contributed by atoms with van der Waals surface area (Å²) in [5.74, 6) is 0.0175. The number of aliphatic hydroxyl groups is 1. The molecule has 1 aliphatic carbocycles. The van der Waals surface area contributed by atoms with Crippen molar-refractivity contribution in [3.63, 3.8) is 0 Å². The number of hydrogen-bond donors (Lipinski definition) is 2. The molecule has 0 aliphatic heterocycles. The molecule has 3 nitrogen and oxygen atoms in total. The van der Waals surface area contributed by atoms with Crippen LogP contribution < -0.4 is 5.32 Å². The van der Waals surface area contributed by atoms with Gasteiger partial charge >= 0.3 is 0 Å². The maximum absolute atomic E-state index is 12.2. The standard InChI is InChI=1S/C16H16ClNO2S/c17-13-4-1-3-11(9-13)15(19)18-10-16(20,12-6-7-12)14-5-2-8-21-14/h1-5,8-9,12,20H,6-7,10H2,(H,18,19). The van der Waals surface area contributed by atoms with Crippen molar-refractivity contribution in [2.75, 3.05) is 6.54 Å². The lowest BCUT2D eigenvalue weighted by Crippen LogP contribution is -2.42. The molecule has 1 fully saturated rings. The van der Waals surface area contributed by atoms with E-state index in [1.54, 1.807) is 24.3 Å². The van der Waals surface area contributed by atoms with Gasteiger partial charge in [0.25, 0.3) is 5.91 Å². The number of amides is 1. The zero-order valence-electron chi connectivity index (χ0n) is 11.4. The fraction of sp³-hybridized carbons (Fsp3) is 0.312. The predicted molar refractivity (Wildman–Crippen MR) is 84.7 cm³/mol. The monoisotopic (exact) mass is 321 g/mol. The molecule has 0 radical (unpaired) electrons. The lowest BCUT2D eigenvalue weighted by atomic mass is 9.95. The molecule has 2 aromatic rings. The fourth-order valence-corrected chi connectivity index (χ4v) is 3.56. The largest absolute Gasteiger partial charge is 0.382 e. The van der Waals surface area contributed by atoms with Gasteiger partial charge in [0.2, 0.25) is 0 Å². The molecule has 0 spiro atoms. The van der Waals surface area contributed by atoms with E-state index in [0.29, 0.717) is 10.6 Å². The summed E-state index contributed by atoms with van der Waals surface area (Å²) in [5.41, 5.74) is -0.450. The maximum Gasteiger partial charge on any atom is 0.251 e. The van der Waals surface area contributed by atoms with Crippen LogP contribution in [0.3, 0.4) is 0 Å². The van der Waals surface area contributed by atoms with Crippen LogP contribution in [0.1, 0.15) is 28.1 Å². The molecule has 110 valence electrons. The molecule has 1 aliphatic rings. The SMILES string of the molecule is O=C(NCC(O)(c1cccs1)C1CC1)c1cccc(Cl)c1. The molecule has 1 unspecified atom stereocenters. The van der Waals surface area contributed by atoms with Gasteiger partial charge in [-0.05, 0) is 48.4 Å². The summed E-state index contributed by atoms with van der Waals surface area (Å²) < 4.78 is 0. The number of hydrogen-bond acceptors (Lipinski definition) is 3. The van der Waals surface area contributed by atoms with Gasteiger partial charge < -0.3 is 10.4 Å². The molecule has 1 amide bonds. The molecule has 1 aromatic carbocycles. The zero-order chi connectivity index (χ0) is 14.9. The van der Waals surface area contributed by atoms with Gasteiger partial charge in [-0.1, -0.05) is 23.7 Å². The summed E-state index contributed by atoms with van der Waals surface area (Å²) in [7, 11) is 0. The van der Waals surface area contributed by atoms with Crippen LogP contribution in [-0.4, -0.2) is 17.6 Å². The van der Waals surface area contributed by atoms with Crippen molar-refractivity contribution in [1.29, 1.82) is 0 Å². The van der Waals surface area contributed by atoms with Crippen molar-refractivity contribution in [3.8, 4) is 0 Å². The van der Waals surface area contributed by atoms with Gasteiger partial charge in [-0.15, -0.1) is 11.3 Å². The molecule has 2 N–H and O–H groups in total. The Morgan fingerprint density at radius 1 is 1.38 bits per heavy atom. The van der Waals surface area contributed by atoms with E-state index in [0.717, 1.165) is 17.7 Å². The minimum absolute atomic E-state index is 0.215. The van der Waals surface area contributed by atoms with Crippen molar-refractivity contribution < 1.29 is 9.90 Å². The number of carbonyl (C=O) groups excluding carboxylic acids is 1. The second kappa shape index (κ2) is 5.79. The lowest BCUT2D eigenvalue weighted by Gasteiger charge is -2.27. The zero-order valence-corrected chi connectivity index (χ0v) is 13.0. The Balaban J connectivity index is 1.72. The lowest BCUT2D eigenvalue weighted by molar-refractivity contribution is 0.0169. The van der Waals surface area contributed by atoms with E-state index < -0.39 is 5.60 Å². The van der Waals surface area contributed by atoms with Gasteiger partial charge in [-0.3, -0.25) is 4.79 Å². The summed E-state index contributed by atoms with van der Waals surface area (Å²) in [4.78, 5) is 13.1. The van der Waals surface area contributed by atoms with Crippen LogP contribution in [0.25, 0.3) is 0 Å². The summed E-state index contributed by atoms with van der Waals surface area (Å²) in [6.45, 7) is 0.226. The smallest absolute Gasteiger partial charge is 0.251 e. The van der Waals surface area contributed by atoms with E-state index in [9.17, 15) is 9.90 Å². The molecule has 5 heteroatoms. The van der Waals surface area contributed by atoms with Crippen LogP contribution in [0.2, 0.25) is 5.02 Å². The van der Waals surface area contributed by atoms with Crippen molar-refractivity contribution >= 4 is 28.8 Å². The normalized spacial score (nSPS) is 17.2. The Morgan fingerprint density at radius 3 is 2.81 bits per heavy atom. The molecule has 3 rings (SSSR count). The molecular weight excluding hydrogens is 306 g/mol. The van der Waals surface area contributed by atoms with E-state index in [2.05, 4.69) is 5.32 Å². The van der Waals surface area contributed by atoms with Crippen LogP contribution >= 0.6 is 22.9 Å². The van der Waals surface area contributed by atoms with Gasteiger partial charge in [0.05, 0.1) is 6.54 Å². The van der Waals surface area contributed by atoms with Crippen molar-refractivity contribution in [3.05, 3.63) is 57.2 Å². The van der Waals surface area contributed by atoms with Gasteiger partial charge in [0.1, 0.15) is 5.60 Å².